The smallest absolute Gasteiger partial charge is 0.264 e. The van der Waals surface area contributed by atoms with E-state index in [1.54, 1.807) is 19.5 Å². The summed E-state index contributed by atoms with van der Waals surface area (Å²) < 4.78 is 5.25. The number of pyridine rings is 1. The normalized spacial score (nSPS) is 17.8. The highest BCUT2D eigenvalue weighted by atomic mass is 32.2. The van der Waals surface area contributed by atoms with Gasteiger partial charge in [0.15, 0.2) is 5.17 Å². The van der Waals surface area contributed by atoms with Crippen LogP contribution in [0.25, 0.3) is 6.08 Å². The maximum Gasteiger partial charge on any atom is 0.264 e. The quantitative estimate of drug-likeness (QED) is 0.885. The van der Waals surface area contributed by atoms with Crippen LogP contribution >= 0.6 is 11.8 Å². The fourth-order valence-corrected chi connectivity index (χ4v) is 2.76. The van der Waals surface area contributed by atoms with E-state index < -0.39 is 0 Å². The monoisotopic (exact) mass is 311 g/mol. The second kappa shape index (κ2) is 6.44. The Morgan fingerprint density at radius 3 is 2.77 bits per heavy atom. The van der Waals surface area contributed by atoms with Crippen LogP contribution in [0.2, 0.25) is 0 Å². The predicted octanol–water partition coefficient (Wildman–Crippen LogP) is 2.98. The fourth-order valence-electron chi connectivity index (χ4n) is 1.92. The van der Waals surface area contributed by atoms with Crippen molar-refractivity contribution in [2.75, 3.05) is 7.11 Å². The summed E-state index contributed by atoms with van der Waals surface area (Å²) in [7, 11) is 1.59. The SMILES string of the molecule is COc1ccccc1N=C1NC(=O)/C(=C/c2ccncc2)S1. The van der Waals surface area contributed by atoms with Gasteiger partial charge in [-0.25, -0.2) is 4.99 Å². The third kappa shape index (κ3) is 3.17. The molecule has 1 aromatic carbocycles. The molecule has 110 valence electrons. The minimum absolute atomic E-state index is 0.157. The Kier molecular flexibility index (Phi) is 4.20. The Balaban J connectivity index is 1.85. The van der Waals surface area contributed by atoms with E-state index in [4.69, 9.17) is 4.74 Å². The summed E-state index contributed by atoms with van der Waals surface area (Å²) >= 11 is 1.30. The fraction of sp³-hybridized carbons (Fsp3) is 0.0625. The maximum absolute atomic E-state index is 12.0. The Bertz CT molecular complexity index is 757. The predicted molar refractivity (Wildman–Crippen MR) is 88.0 cm³/mol. The number of nitrogens with one attached hydrogen (secondary N) is 1. The molecular weight excluding hydrogens is 298 g/mol. The molecule has 3 rings (SSSR count). The number of hydrogen-bond donors (Lipinski definition) is 1. The van der Waals surface area contributed by atoms with Gasteiger partial charge in [-0.05, 0) is 47.7 Å². The van der Waals surface area contributed by atoms with Crippen molar-refractivity contribution in [3.63, 3.8) is 0 Å². The van der Waals surface area contributed by atoms with Crippen molar-refractivity contribution >= 4 is 34.6 Å². The summed E-state index contributed by atoms with van der Waals surface area (Å²) in [6.07, 6.45) is 5.19. The molecule has 6 heteroatoms. The number of amides is 1. The molecule has 2 aromatic rings. The van der Waals surface area contributed by atoms with Crippen molar-refractivity contribution in [2.45, 2.75) is 0 Å². The first kappa shape index (κ1) is 14.3. The van der Waals surface area contributed by atoms with Crippen molar-refractivity contribution in [2.24, 2.45) is 4.99 Å². The van der Waals surface area contributed by atoms with Gasteiger partial charge in [-0.1, -0.05) is 12.1 Å². The molecule has 1 aromatic heterocycles. The molecular formula is C16H13N3O2S. The molecule has 0 bridgehead atoms. The molecule has 1 aliphatic heterocycles. The minimum atomic E-state index is -0.157. The Morgan fingerprint density at radius 1 is 1.23 bits per heavy atom. The first-order valence-electron chi connectivity index (χ1n) is 6.59. The van der Waals surface area contributed by atoms with Gasteiger partial charge >= 0.3 is 0 Å². The molecule has 0 atom stereocenters. The number of benzene rings is 1. The number of amidine groups is 1. The Morgan fingerprint density at radius 2 is 2.00 bits per heavy atom. The Labute approximate surface area is 132 Å². The first-order valence-corrected chi connectivity index (χ1v) is 7.40. The molecule has 0 radical (unpaired) electrons. The van der Waals surface area contributed by atoms with Crippen LogP contribution in [0.4, 0.5) is 5.69 Å². The number of aromatic nitrogens is 1. The third-order valence-electron chi connectivity index (χ3n) is 2.96. The maximum atomic E-state index is 12.0. The third-order valence-corrected chi connectivity index (χ3v) is 3.87. The van der Waals surface area contributed by atoms with Crippen molar-refractivity contribution in [1.82, 2.24) is 10.3 Å². The van der Waals surface area contributed by atoms with Gasteiger partial charge in [-0.2, -0.15) is 0 Å². The number of carbonyl (C=O) groups is 1. The van der Waals surface area contributed by atoms with Crippen molar-refractivity contribution in [3.05, 3.63) is 59.3 Å². The van der Waals surface area contributed by atoms with Crippen LogP contribution < -0.4 is 10.1 Å². The standard InChI is InChI=1S/C16H13N3O2S/c1-21-13-5-3-2-4-12(13)18-16-19-15(20)14(22-16)10-11-6-8-17-9-7-11/h2-10H,1H3,(H,18,19,20)/b14-10-. The number of nitrogens with zero attached hydrogens (tertiary/aromatic N) is 2. The molecule has 1 N–H and O–H groups in total. The van der Waals surface area contributed by atoms with E-state index in [-0.39, 0.29) is 5.91 Å². The highest BCUT2D eigenvalue weighted by Gasteiger charge is 2.24. The molecule has 0 unspecified atom stereocenters. The van der Waals surface area contributed by atoms with Crippen LogP contribution in [-0.2, 0) is 4.79 Å². The lowest BCUT2D eigenvalue weighted by atomic mass is 10.2. The van der Waals surface area contributed by atoms with Gasteiger partial charge in [0.25, 0.3) is 5.91 Å². The summed E-state index contributed by atoms with van der Waals surface area (Å²) in [5, 5.41) is 3.30. The molecule has 0 saturated carbocycles. The van der Waals surface area contributed by atoms with E-state index in [0.29, 0.717) is 21.5 Å². The number of aliphatic imine (C=N–C) groups is 1. The highest BCUT2D eigenvalue weighted by molar-refractivity contribution is 8.18. The van der Waals surface area contributed by atoms with Crippen molar-refractivity contribution in [3.8, 4) is 5.75 Å². The number of methoxy groups -OCH3 is 1. The van der Waals surface area contributed by atoms with Gasteiger partial charge in [0, 0.05) is 12.4 Å². The topological polar surface area (TPSA) is 63.6 Å². The lowest BCUT2D eigenvalue weighted by Crippen LogP contribution is -2.19. The number of para-hydroxylation sites is 2. The number of hydrogen-bond acceptors (Lipinski definition) is 5. The van der Waals surface area contributed by atoms with Gasteiger partial charge in [0.2, 0.25) is 0 Å². The Hall–Kier alpha value is -2.60. The molecule has 0 spiro atoms. The van der Waals surface area contributed by atoms with Gasteiger partial charge < -0.3 is 10.1 Å². The van der Waals surface area contributed by atoms with E-state index in [2.05, 4.69) is 15.3 Å². The minimum Gasteiger partial charge on any atom is -0.494 e. The zero-order valence-electron chi connectivity index (χ0n) is 11.8. The highest BCUT2D eigenvalue weighted by Crippen LogP contribution is 2.31. The van der Waals surface area contributed by atoms with Crippen LogP contribution in [-0.4, -0.2) is 23.2 Å². The van der Waals surface area contributed by atoms with Crippen LogP contribution in [0.5, 0.6) is 5.75 Å². The molecule has 2 heterocycles. The number of carbonyl (C=O) groups excluding carboxylic acids is 1. The van der Waals surface area contributed by atoms with Crippen molar-refractivity contribution < 1.29 is 9.53 Å². The van der Waals surface area contributed by atoms with E-state index in [9.17, 15) is 4.79 Å². The van der Waals surface area contributed by atoms with Gasteiger partial charge in [0.05, 0.1) is 12.0 Å². The zero-order valence-corrected chi connectivity index (χ0v) is 12.6. The molecule has 1 aliphatic rings. The van der Waals surface area contributed by atoms with Gasteiger partial charge in [0.1, 0.15) is 11.4 Å². The lowest BCUT2D eigenvalue weighted by molar-refractivity contribution is -0.115. The van der Waals surface area contributed by atoms with E-state index in [0.717, 1.165) is 5.56 Å². The summed E-state index contributed by atoms with van der Waals surface area (Å²) in [5.41, 5.74) is 1.60. The average molecular weight is 311 g/mol. The van der Waals surface area contributed by atoms with Crippen LogP contribution in [0, 0.1) is 0 Å². The number of rotatable bonds is 3. The van der Waals surface area contributed by atoms with Crippen LogP contribution in [0.3, 0.4) is 0 Å². The second-order valence-corrected chi connectivity index (χ2v) is 5.46. The van der Waals surface area contributed by atoms with Crippen LogP contribution in [0.1, 0.15) is 5.56 Å². The molecule has 1 fully saturated rings. The summed E-state index contributed by atoms with van der Waals surface area (Å²) in [6, 6.07) is 11.1. The van der Waals surface area contributed by atoms with Crippen molar-refractivity contribution in [1.29, 1.82) is 0 Å². The number of ether oxygens (including phenoxy) is 1. The largest absolute Gasteiger partial charge is 0.494 e. The molecule has 1 saturated heterocycles. The summed E-state index contributed by atoms with van der Waals surface area (Å²) in [5.74, 6) is 0.506. The number of thioether (sulfide) groups is 1. The molecule has 0 aliphatic carbocycles. The van der Waals surface area contributed by atoms with E-state index in [1.165, 1.54) is 11.8 Å². The summed E-state index contributed by atoms with van der Waals surface area (Å²) in [4.78, 5) is 21.0. The first-order chi connectivity index (χ1) is 10.8. The van der Waals surface area contributed by atoms with Gasteiger partial charge in [-0.3, -0.25) is 9.78 Å². The summed E-state index contributed by atoms with van der Waals surface area (Å²) in [6.45, 7) is 0. The molecule has 1 amide bonds. The average Bonchev–Trinajstić information content (AvgIpc) is 2.88. The van der Waals surface area contributed by atoms with E-state index >= 15 is 0 Å². The van der Waals surface area contributed by atoms with Crippen LogP contribution in [0.15, 0.2) is 58.7 Å². The van der Waals surface area contributed by atoms with Gasteiger partial charge in [-0.15, -0.1) is 0 Å². The van der Waals surface area contributed by atoms with E-state index in [1.807, 2.05) is 42.5 Å². The second-order valence-electron chi connectivity index (χ2n) is 4.43. The molecule has 5 nitrogen and oxygen atoms in total. The zero-order chi connectivity index (χ0) is 15.4. The molecule has 22 heavy (non-hydrogen) atoms. The lowest BCUT2D eigenvalue weighted by Gasteiger charge is -2.03.